The molecule has 4 aliphatic heterocycles. The van der Waals surface area contributed by atoms with E-state index >= 15 is 0 Å². The van der Waals surface area contributed by atoms with E-state index in [1.54, 1.807) is 11.0 Å². The van der Waals surface area contributed by atoms with Crippen molar-refractivity contribution in [2.45, 2.75) is 88.4 Å². The Morgan fingerprint density at radius 1 is 0.768 bits per heavy atom. The third-order valence-corrected chi connectivity index (χ3v) is 12.6. The highest BCUT2D eigenvalue weighted by atomic mass is 35.5. The number of nitrogens with zero attached hydrogens (tertiary/aromatic N) is 3. The Morgan fingerprint density at radius 2 is 1.36 bits per heavy atom. The molecule has 3 unspecified atom stereocenters. The number of benzene rings is 2. The number of amides is 3. The third-order valence-electron chi connectivity index (χ3n) is 12.0. The summed E-state index contributed by atoms with van der Waals surface area (Å²) >= 11 is 13.3. The molecule has 0 saturated carbocycles. The first kappa shape index (κ1) is 41.2. The van der Waals surface area contributed by atoms with Gasteiger partial charge in [-0.15, -0.1) is 0 Å². The Morgan fingerprint density at radius 3 is 1.96 bits per heavy atom. The van der Waals surface area contributed by atoms with Crippen LogP contribution in [0.3, 0.4) is 0 Å². The topological polar surface area (TPSA) is 172 Å². The van der Waals surface area contributed by atoms with Gasteiger partial charge in [0.05, 0.1) is 23.5 Å². The van der Waals surface area contributed by atoms with Crippen LogP contribution in [0.4, 0.5) is 0 Å². The molecule has 0 radical (unpaired) electrons. The molecule has 56 heavy (non-hydrogen) atoms. The molecule has 3 atom stereocenters. The first-order chi connectivity index (χ1) is 26.9. The maximum Gasteiger partial charge on any atom is 0.334 e. The van der Waals surface area contributed by atoms with E-state index in [0.29, 0.717) is 37.6 Å². The zero-order chi connectivity index (χ0) is 40.1. The molecule has 2 aromatic carbocycles. The number of carboxylic acid groups (broad SMARTS) is 2. The number of nitrogens with one attached hydrogen (secondary N) is 3. The van der Waals surface area contributed by atoms with E-state index in [9.17, 15) is 34.2 Å². The lowest BCUT2D eigenvalue weighted by Gasteiger charge is -2.45. The second-order valence-corrected chi connectivity index (χ2v) is 15.9. The Kier molecular flexibility index (Phi) is 13.4. The maximum atomic E-state index is 14.0. The van der Waals surface area contributed by atoms with E-state index in [0.717, 1.165) is 37.1 Å². The lowest BCUT2D eigenvalue weighted by molar-refractivity contribution is -0.133. The molecule has 4 heterocycles. The van der Waals surface area contributed by atoms with Gasteiger partial charge in [-0.2, -0.15) is 0 Å². The number of rotatable bonds is 14. The van der Waals surface area contributed by atoms with Gasteiger partial charge in [0, 0.05) is 97.7 Å². The third kappa shape index (κ3) is 9.23. The van der Waals surface area contributed by atoms with E-state index in [1.165, 1.54) is 32.0 Å². The zero-order valence-corrected chi connectivity index (χ0v) is 33.3. The highest BCUT2D eigenvalue weighted by molar-refractivity contribution is 6.36. The van der Waals surface area contributed by atoms with Gasteiger partial charge < -0.3 is 36.0 Å². The lowest BCUT2D eigenvalue weighted by Crippen LogP contribution is -2.56. The monoisotopic (exact) mass is 808 g/mol. The fourth-order valence-electron chi connectivity index (χ4n) is 8.87. The summed E-state index contributed by atoms with van der Waals surface area (Å²) in [5.41, 5.74) is 1.56. The number of carbonyl (C=O) groups is 5. The van der Waals surface area contributed by atoms with E-state index in [-0.39, 0.29) is 88.1 Å². The van der Waals surface area contributed by atoms with Crippen LogP contribution in [0.1, 0.15) is 74.0 Å². The van der Waals surface area contributed by atoms with Gasteiger partial charge in [0.25, 0.3) is 0 Å². The number of dihydropyridines is 1. The number of allylic oxidation sites excluding steroid dienone is 1. The van der Waals surface area contributed by atoms with E-state index in [1.807, 2.05) is 24.3 Å². The van der Waals surface area contributed by atoms with E-state index < -0.39 is 17.9 Å². The number of carbonyl (C=O) groups excluding carboxylic acids is 3. The van der Waals surface area contributed by atoms with Crippen LogP contribution in [0.5, 0.6) is 0 Å². The molecule has 2 bridgehead atoms. The van der Waals surface area contributed by atoms with Crippen LogP contribution in [0.2, 0.25) is 10.0 Å². The predicted octanol–water partition coefficient (Wildman–Crippen LogP) is 4.29. The van der Waals surface area contributed by atoms with Gasteiger partial charge in [-0.05, 0) is 68.8 Å². The molecular formula is C41H50Cl2N6O7. The van der Waals surface area contributed by atoms with Crippen molar-refractivity contribution < 1.29 is 34.2 Å². The number of fused-ring (bicyclic) bond motifs is 2. The average Bonchev–Trinajstić information content (AvgIpc) is 3.36. The molecule has 3 saturated heterocycles. The Balaban J connectivity index is 1.24. The summed E-state index contributed by atoms with van der Waals surface area (Å²) in [6.07, 6.45) is 4.98. The normalized spacial score (nSPS) is 22.8. The minimum absolute atomic E-state index is 0.0290. The van der Waals surface area contributed by atoms with Gasteiger partial charge in [-0.3, -0.25) is 19.3 Å². The minimum Gasteiger partial charge on any atom is -0.478 e. The Hall–Kier alpha value is -4.43. The quantitative estimate of drug-likeness (QED) is 0.186. The summed E-state index contributed by atoms with van der Waals surface area (Å²) in [5, 5.41) is 30.1. The summed E-state index contributed by atoms with van der Waals surface area (Å²) in [4.78, 5) is 71.2. The molecule has 2 aromatic rings. The molecule has 13 nitrogen and oxygen atoms in total. The first-order valence-electron chi connectivity index (χ1n) is 19.3. The highest BCUT2D eigenvalue weighted by Gasteiger charge is 2.43. The largest absolute Gasteiger partial charge is 0.478 e. The minimum atomic E-state index is -1.39. The van der Waals surface area contributed by atoms with Crippen LogP contribution >= 0.6 is 23.2 Å². The van der Waals surface area contributed by atoms with Crippen LogP contribution in [0.15, 0.2) is 65.0 Å². The van der Waals surface area contributed by atoms with Crippen molar-refractivity contribution in [2.75, 3.05) is 40.3 Å². The van der Waals surface area contributed by atoms with Gasteiger partial charge in [-0.1, -0.05) is 53.5 Å². The molecule has 3 amide bonds. The number of piperidine rings is 1. The summed E-state index contributed by atoms with van der Waals surface area (Å²) in [5.74, 6) is -4.90. The van der Waals surface area contributed by atoms with Crippen LogP contribution in [0, 0.1) is 0 Å². The molecular weight excluding hydrogens is 759 g/mol. The summed E-state index contributed by atoms with van der Waals surface area (Å²) in [6.45, 7) is 2.68. The van der Waals surface area contributed by atoms with Gasteiger partial charge >= 0.3 is 11.9 Å². The van der Waals surface area contributed by atoms with E-state index in [2.05, 4.69) is 32.8 Å². The van der Waals surface area contributed by atoms with Crippen molar-refractivity contribution >= 4 is 52.9 Å². The molecule has 3 fully saturated rings. The van der Waals surface area contributed by atoms with Crippen LogP contribution in [-0.2, 0) is 36.9 Å². The second kappa shape index (κ2) is 18.2. The van der Waals surface area contributed by atoms with Crippen molar-refractivity contribution in [3.63, 3.8) is 0 Å². The van der Waals surface area contributed by atoms with Crippen LogP contribution < -0.4 is 16.0 Å². The number of carboxylic acids is 2. The standard InChI is InChI=1S/C41H50Cl2N6O7/c1-44-33(50)14-15-34(51)45-23-25-7-4-3-6-24(25)10-13-31-37(40(53)54)39(36-29(42)8-5-9-30(36)43)38(41(55)56)32(46-31)22-35(52)49-18-16-48(17-19-49)28-20-26-11-12-27(21-28)47(26)2/h3-9,26-28,39,46H,10-23H2,1-2H3,(H,44,50)(H,45,51)(H,53,54)(H,55,56). The molecule has 5 N–H and O–H groups in total. The van der Waals surface area contributed by atoms with Gasteiger partial charge in [-0.25, -0.2) is 9.59 Å². The second-order valence-electron chi connectivity index (χ2n) is 15.1. The van der Waals surface area contributed by atoms with Crippen molar-refractivity contribution in [1.82, 2.24) is 30.7 Å². The van der Waals surface area contributed by atoms with Gasteiger partial charge in [0.1, 0.15) is 0 Å². The number of aliphatic carboxylic acids is 2. The molecule has 15 heteroatoms. The van der Waals surface area contributed by atoms with Gasteiger partial charge in [0.2, 0.25) is 17.7 Å². The smallest absolute Gasteiger partial charge is 0.334 e. The van der Waals surface area contributed by atoms with Crippen molar-refractivity contribution in [2.24, 2.45) is 0 Å². The van der Waals surface area contributed by atoms with Gasteiger partial charge in [0.15, 0.2) is 0 Å². The maximum absolute atomic E-state index is 14.0. The number of halogens is 2. The Bertz CT molecular complexity index is 1890. The molecule has 0 aliphatic carbocycles. The molecule has 6 rings (SSSR count). The van der Waals surface area contributed by atoms with Crippen LogP contribution in [-0.4, -0.2) is 113 Å². The molecule has 300 valence electrons. The predicted molar refractivity (Wildman–Crippen MR) is 212 cm³/mol. The summed E-state index contributed by atoms with van der Waals surface area (Å²) in [7, 11) is 3.73. The van der Waals surface area contributed by atoms with Crippen molar-refractivity contribution in [1.29, 1.82) is 0 Å². The fraction of sp³-hybridized carbons (Fsp3) is 0.488. The number of hydrogen-bond donors (Lipinski definition) is 5. The average molecular weight is 810 g/mol. The number of hydrogen-bond acceptors (Lipinski definition) is 8. The molecule has 0 spiro atoms. The fourth-order valence-corrected chi connectivity index (χ4v) is 9.49. The lowest BCUT2D eigenvalue weighted by atomic mass is 9.78. The molecule has 0 aromatic heterocycles. The highest BCUT2D eigenvalue weighted by Crippen LogP contribution is 2.45. The van der Waals surface area contributed by atoms with Crippen molar-refractivity contribution in [3.8, 4) is 0 Å². The zero-order valence-electron chi connectivity index (χ0n) is 31.8. The molecule has 4 aliphatic rings. The van der Waals surface area contributed by atoms with Crippen LogP contribution in [0.25, 0.3) is 0 Å². The number of aryl methyl sites for hydroxylation is 1. The summed E-state index contributed by atoms with van der Waals surface area (Å²) < 4.78 is 0. The number of piperazine rings is 1. The first-order valence-corrected chi connectivity index (χ1v) is 20.0. The summed E-state index contributed by atoms with van der Waals surface area (Å²) in [6, 6.07) is 13.7. The van der Waals surface area contributed by atoms with Crippen molar-refractivity contribution in [3.05, 3.63) is 91.7 Å². The van der Waals surface area contributed by atoms with E-state index in [4.69, 9.17) is 23.2 Å². The Labute approximate surface area is 337 Å². The SMILES string of the molecule is CNC(=O)CCC(=O)NCc1ccccc1CCC1=C(C(=O)O)C(c2c(Cl)cccc2Cl)C(C(=O)O)=C(CC(=O)N2CCN(C3CC4CCC(C3)N4C)CC2)N1.